The van der Waals surface area contributed by atoms with Crippen LogP contribution in [-0.2, 0) is 0 Å². The van der Waals surface area contributed by atoms with E-state index < -0.39 is 0 Å². The molecule has 0 radical (unpaired) electrons. The maximum Gasteiger partial charge on any atom is 0.182 e. The topological polar surface area (TPSA) is 57.8 Å². The van der Waals surface area contributed by atoms with Gasteiger partial charge in [0.05, 0.1) is 11.4 Å². The molecule has 0 bridgehead atoms. The second-order valence-electron chi connectivity index (χ2n) is 5.48. The summed E-state index contributed by atoms with van der Waals surface area (Å²) in [5.41, 5.74) is 2.82. The summed E-state index contributed by atoms with van der Waals surface area (Å²) in [5.74, 6) is 0.902. The highest BCUT2D eigenvalue weighted by atomic mass is 79.9. The smallest absolute Gasteiger partial charge is 0.182 e. The normalized spacial score (nSPS) is 20.9. The molecule has 3 aromatic rings. The average Bonchev–Trinajstić information content (AvgIpc) is 3.22. The molecule has 0 unspecified atom stereocenters. The summed E-state index contributed by atoms with van der Waals surface area (Å²) in [5, 5.41) is 4.51. The van der Waals surface area contributed by atoms with Crippen LogP contribution in [-0.4, -0.2) is 27.5 Å². The highest BCUT2D eigenvalue weighted by molar-refractivity contribution is 9.10. The number of H-pyrrole nitrogens is 1. The molecule has 4 rings (SSSR count). The van der Waals surface area contributed by atoms with Gasteiger partial charge < -0.3 is 4.98 Å². The highest BCUT2D eigenvalue weighted by Crippen LogP contribution is 2.34. The molecule has 2 N–H and O–H groups in total. The standard InChI is InChI=1S/C17H14BrN3OS/c18-11-3-4-12-13(8-20-14(12)6-11)16(22)15-9-23-17(21-15)10-2-1-5-19-7-10/h1-8,15,17,20-21H,9H2/t15-,17+/m0/s1. The SMILES string of the molecule is O=C(c1c[nH]c2cc(Br)ccc12)[C@@H]1CS[C@H](c2cccnc2)N1. The molecule has 1 aliphatic rings. The number of aromatic nitrogens is 2. The molecular formula is C17H14BrN3OS. The lowest BCUT2D eigenvalue weighted by atomic mass is 10.0. The first-order chi connectivity index (χ1) is 11.2. The van der Waals surface area contributed by atoms with E-state index in [1.165, 1.54) is 0 Å². The molecule has 3 heterocycles. The maximum absolute atomic E-state index is 12.9. The summed E-state index contributed by atoms with van der Waals surface area (Å²) in [6, 6.07) is 9.71. The predicted octanol–water partition coefficient (Wildman–Crippen LogP) is 3.91. The molecule has 0 saturated carbocycles. The molecule has 4 nitrogen and oxygen atoms in total. The van der Waals surface area contributed by atoms with Crippen LogP contribution in [0.2, 0.25) is 0 Å². The number of nitrogens with zero attached hydrogens (tertiary/aromatic N) is 1. The minimum absolute atomic E-state index is 0.122. The quantitative estimate of drug-likeness (QED) is 0.668. The van der Waals surface area contributed by atoms with E-state index in [4.69, 9.17) is 0 Å². The van der Waals surface area contributed by atoms with E-state index in [1.54, 1.807) is 18.0 Å². The Hall–Kier alpha value is -1.63. The van der Waals surface area contributed by atoms with Crippen molar-refractivity contribution in [2.45, 2.75) is 11.4 Å². The molecule has 0 aliphatic carbocycles. The Labute approximate surface area is 146 Å². The van der Waals surface area contributed by atoms with Crippen LogP contribution in [0.3, 0.4) is 0 Å². The Kier molecular flexibility index (Phi) is 3.97. The molecule has 1 saturated heterocycles. The van der Waals surface area contributed by atoms with Crippen molar-refractivity contribution in [1.82, 2.24) is 15.3 Å². The fourth-order valence-corrected chi connectivity index (χ4v) is 4.42. The van der Waals surface area contributed by atoms with Gasteiger partial charge in [-0.3, -0.25) is 15.1 Å². The molecule has 1 aromatic carbocycles. The van der Waals surface area contributed by atoms with Crippen molar-refractivity contribution in [3.63, 3.8) is 0 Å². The first-order valence-corrected chi connectivity index (χ1v) is 9.15. The van der Waals surface area contributed by atoms with Gasteiger partial charge in [-0.05, 0) is 23.8 Å². The zero-order valence-electron chi connectivity index (χ0n) is 12.1. The minimum atomic E-state index is -0.173. The van der Waals surface area contributed by atoms with E-state index in [9.17, 15) is 4.79 Å². The summed E-state index contributed by atoms with van der Waals surface area (Å²) in [6.45, 7) is 0. The minimum Gasteiger partial charge on any atom is -0.360 e. The summed E-state index contributed by atoms with van der Waals surface area (Å²) in [7, 11) is 0. The Balaban J connectivity index is 1.57. The van der Waals surface area contributed by atoms with Crippen LogP contribution in [0.4, 0.5) is 0 Å². The summed E-state index contributed by atoms with van der Waals surface area (Å²) >= 11 is 5.20. The van der Waals surface area contributed by atoms with Gasteiger partial charge in [0, 0.05) is 45.3 Å². The van der Waals surface area contributed by atoms with Crippen LogP contribution >= 0.6 is 27.7 Å². The number of carbonyl (C=O) groups excluding carboxylic acids is 1. The largest absolute Gasteiger partial charge is 0.360 e. The third-order valence-electron chi connectivity index (χ3n) is 4.00. The molecule has 0 spiro atoms. The second kappa shape index (κ2) is 6.11. The fourth-order valence-electron chi connectivity index (χ4n) is 2.84. The van der Waals surface area contributed by atoms with Gasteiger partial charge in [0.25, 0.3) is 0 Å². The van der Waals surface area contributed by atoms with Crippen LogP contribution in [0.1, 0.15) is 21.3 Å². The molecule has 1 fully saturated rings. The van der Waals surface area contributed by atoms with Crippen LogP contribution in [0.25, 0.3) is 10.9 Å². The third kappa shape index (κ3) is 2.82. The Morgan fingerprint density at radius 1 is 1.35 bits per heavy atom. The number of fused-ring (bicyclic) bond motifs is 1. The Bertz CT molecular complexity index is 865. The van der Waals surface area contributed by atoms with E-state index in [0.29, 0.717) is 0 Å². The molecule has 116 valence electrons. The predicted molar refractivity (Wildman–Crippen MR) is 96.7 cm³/mol. The van der Waals surface area contributed by atoms with Crippen molar-refractivity contribution < 1.29 is 4.79 Å². The van der Waals surface area contributed by atoms with E-state index in [0.717, 1.165) is 32.3 Å². The lowest BCUT2D eigenvalue weighted by molar-refractivity contribution is 0.0957. The van der Waals surface area contributed by atoms with Crippen LogP contribution < -0.4 is 5.32 Å². The van der Waals surface area contributed by atoms with E-state index >= 15 is 0 Å². The van der Waals surface area contributed by atoms with Crippen LogP contribution in [0.15, 0.2) is 53.4 Å². The van der Waals surface area contributed by atoms with Gasteiger partial charge >= 0.3 is 0 Å². The first-order valence-electron chi connectivity index (χ1n) is 7.31. The van der Waals surface area contributed by atoms with Crippen LogP contribution in [0.5, 0.6) is 0 Å². The lowest BCUT2D eigenvalue weighted by Gasteiger charge is -2.12. The van der Waals surface area contributed by atoms with E-state index in [1.807, 2.05) is 42.7 Å². The monoisotopic (exact) mass is 387 g/mol. The molecule has 23 heavy (non-hydrogen) atoms. The molecule has 1 aliphatic heterocycles. The van der Waals surface area contributed by atoms with Crippen molar-refractivity contribution >= 4 is 44.4 Å². The number of halogens is 1. The van der Waals surface area contributed by atoms with Gasteiger partial charge in [-0.25, -0.2) is 0 Å². The van der Waals surface area contributed by atoms with Crippen LogP contribution in [0, 0.1) is 0 Å². The van der Waals surface area contributed by atoms with Gasteiger partial charge in [0.1, 0.15) is 0 Å². The maximum atomic E-state index is 12.9. The highest BCUT2D eigenvalue weighted by Gasteiger charge is 2.32. The summed E-state index contributed by atoms with van der Waals surface area (Å²) in [6.07, 6.45) is 5.42. The van der Waals surface area contributed by atoms with Gasteiger partial charge in [-0.15, -0.1) is 11.8 Å². The number of hydrogen-bond acceptors (Lipinski definition) is 4. The molecule has 0 amide bonds. The number of pyridine rings is 1. The van der Waals surface area contributed by atoms with Gasteiger partial charge in [-0.1, -0.05) is 28.1 Å². The zero-order chi connectivity index (χ0) is 15.8. The number of hydrogen-bond donors (Lipinski definition) is 2. The zero-order valence-corrected chi connectivity index (χ0v) is 14.5. The summed E-state index contributed by atoms with van der Waals surface area (Å²) < 4.78 is 0.997. The molecule has 2 aromatic heterocycles. The Morgan fingerprint density at radius 2 is 2.26 bits per heavy atom. The lowest BCUT2D eigenvalue weighted by Crippen LogP contribution is -2.34. The third-order valence-corrected chi connectivity index (χ3v) is 5.76. The number of rotatable bonds is 3. The van der Waals surface area contributed by atoms with Crippen molar-refractivity contribution in [3.05, 3.63) is 64.5 Å². The van der Waals surface area contributed by atoms with Gasteiger partial charge in [-0.2, -0.15) is 0 Å². The second-order valence-corrected chi connectivity index (χ2v) is 7.53. The molecular weight excluding hydrogens is 374 g/mol. The number of carbonyl (C=O) groups is 1. The summed E-state index contributed by atoms with van der Waals surface area (Å²) in [4.78, 5) is 20.2. The molecule has 6 heteroatoms. The van der Waals surface area contributed by atoms with Crippen molar-refractivity contribution in [1.29, 1.82) is 0 Å². The number of thioether (sulfide) groups is 1. The van der Waals surface area contributed by atoms with Gasteiger partial charge in [0.15, 0.2) is 5.78 Å². The van der Waals surface area contributed by atoms with Gasteiger partial charge in [0.2, 0.25) is 0 Å². The number of benzene rings is 1. The molecule has 2 atom stereocenters. The number of ketones is 1. The van der Waals surface area contributed by atoms with Crippen molar-refractivity contribution in [3.8, 4) is 0 Å². The fraction of sp³-hybridized carbons (Fsp3) is 0.176. The number of aromatic amines is 1. The van der Waals surface area contributed by atoms with E-state index in [2.05, 4.69) is 31.2 Å². The van der Waals surface area contributed by atoms with Crippen molar-refractivity contribution in [2.24, 2.45) is 0 Å². The number of nitrogens with one attached hydrogen (secondary N) is 2. The first kappa shape index (κ1) is 14.9. The van der Waals surface area contributed by atoms with E-state index in [-0.39, 0.29) is 17.2 Å². The number of Topliss-reactive ketones (excluding diaryl/α,β-unsaturated/α-hetero) is 1. The van der Waals surface area contributed by atoms with Crippen molar-refractivity contribution in [2.75, 3.05) is 5.75 Å². The Morgan fingerprint density at radius 3 is 3.09 bits per heavy atom. The average molecular weight is 388 g/mol.